The van der Waals surface area contributed by atoms with Crippen LogP contribution in [0, 0.1) is 0 Å². The van der Waals surface area contributed by atoms with Crippen LogP contribution in [0.15, 0.2) is 24.3 Å². The fourth-order valence-electron chi connectivity index (χ4n) is 2.94. The summed E-state index contributed by atoms with van der Waals surface area (Å²) in [5.74, 6) is -0.209. The molecule has 128 valence electrons. The van der Waals surface area contributed by atoms with Gasteiger partial charge < -0.3 is 11.1 Å². The summed E-state index contributed by atoms with van der Waals surface area (Å²) in [5.41, 5.74) is 5.82. The lowest BCUT2D eigenvalue weighted by atomic mass is 9.91. The Morgan fingerprint density at radius 1 is 1.09 bits per heavy atom. The van der Waals surface area contributed by atoms with Crippen LogP contribution in [0.4, 0.5) is 13.2 Å². The Morgan fingerprint density at radius 2 is 1.65 bits per heavy atom. The zero-order valence-electron chi connectivity index (χ0n) is 13.1. The standard InChI is InChI=1S/C17H23F3N2O/c18-17(19,20)14-7-5-13(6-8-14)11-15(23)22-12-16(21)9-3-1-2-4-10-16/h5-8H,1-4,9-12,21H2,(H,22,23). The quantitative estimate of drug-likeness (QED) is 0.832. The van der Waals surface area contributed by atoms with Gasteiger partial charge in [-0.25, -0.2) is 0 Å². The second-order valence-corrected chi connectivity index (χ2v) is 6.42. The summed E-state index contributed by atoms with van der Waals surface area (Å²) in [5, 5.41) is 2.83. The summed E-state index contributed by atoms with van der Waals surface area (Å²) >= 11 is 0. The van der Waals surface area contributed by atoms with Crippen molar-refractivity contribution < 1.29 is 18.0 Å². The van der Waals surface area contributed by atoms with Crippen LogP contribution >= 0.6 is 0 Å². The van der Waals surface area contributed by atoms with Gasteiger partial charge in [-0.1, -0.05) is 37.8 Å². The van der Waals surface area contributed by atoms with Gasteiger partial charge in [0.1, 0.15) is 0 Å². The van der Waals surface area contributed by atoms with Crippen LogP contribution in [-0.2, 0) is 17.4 Å². The molecule has 1 aromatic carbocycles. The van der Waals surface area contributed by atoms with Crippen LogP contribution in [-0.4, -0.2) is 18.0 Å². The number of amides is 1. The number of benzene rings is 1. The van der Waals surface area contributed by atoms with Crippen LogP contribution in [0.2, 0.25) is 0 Å². The number of halogens is 3. The number of nitrogens with one attached hydrogen (secondary N) is 1. The van der Waals surface area contributed by atoms with Gasteiger partial charge in [-0.05, 0) is 30.5 Å². The molecule has 1 amide bonds. The van der Waals surface area contributed by atoms with Crippen molar-refractivity contribution in [3.63, 3.8) is 0 Å². The topological polar surface area (TPSA) is 55.1 Å². The monoisotopic (exact) mass is 328 g/mol. The van der Waals surface area contributed by atoms with E-state index in [4.69, 9.17) is 5.73 Å². The summed E-state index contributed by atoms with van der Waals surface area (Å²) in [4.78, 5) is 12.0. The number of hydrogen-bond acceptors (Lipinski definition) is 2. The lowest BCUT2D eigenvalue weighted by Crippen LogP contribution is -2.50. The largest absolute Gasteiger partial charge is 0.416 e. The third-order valence-electron chi connectivity index (χ3n) is 4.38. The predicted molar refractivity (Wildman–Crippen MR) is 82.8 cm³/mol. The molecule has 0 atom stereocenters. The molecule has 1 saturated carbocycles. The molecule has 1 aromatic rings. The Hall–Kier alpha value is -1.56. The molecular formula is C17H23F3N2O. The van der Waals surface area contributed by atoms with Crippen molar-refractivity contribution in [2.24, 2.45) is 5.73 Å². The zero-order valence-corrected chi connectivity index (χ0v) is 13.1. The van der Waals surface area contributed by atoms with E-state index < -0.39 is 11.7 Å². The van der Waals surface area contributed by atoms with E-state index in [1.165, 1.54) is 25.0 Å². The van der Waals surface area contributed by atoms with Crippen LogP contribution in [0.1, 0.15) is 49.7 Å². The lowest BCUT2D eigenvalue weighted by molar-refractivity contribution is -0.137. The molecule has 23 heavy (non-hydrogen) atoms. The van der Waals surface area contributed by atoms with Crippen LogP contribution < -0.4 is 11.1 Å². The minimum atomic E-state index is -4.35. The molecule has 0 heterocycles. The highest BCUT2D eigenvalue weighted by molar-refractivity contribution is 5.78. The normalized spacial score (nSPS) is 18.3. The summed E-state index contributed by atoms with van der Waals surface area (Å²) in [6.45, 7) is 0.423. The zero-order chi connectivity index (χ0) is 16.9. The van der Waals surface area contributed by atoms with Crippen LogP contribution in [0.5, 0.6) is 0 Å². The smallest absolute Gasteiger partial charge is 0.354 e. The molecule has 0 bridgehead atoms. The van der Waals surface area contributed by atoms with E-state index in [-0.39, 0.29) is 17.9 Å². The van der Waals surface area contributed by atoms with E-state index in [1.807, 2.05) is 0 Å². The molecule has 2 rings (SSSR count). The van der Waals surface area contributed by atoms with Gasteiger partial charge in [0.25, 0.3) is 0 Å². The summed E-state index contributed by atoms with van der Waals surface area (Å²) in [7, 11) is 0. The lowest BCUT2D eigenvalue weighted by Gasteiger charge is -2.28. The second-order valence-electron chi connectivity index (χ2n) is 6.42. The Labute approximate surface area is 134 Å². The van der Waals surface area contributed by atoms with E-state index in [9.17, 15) is 18.0 Å². The molecule has 3 nitrogen and oxygen atoms in total. The van der Waals surface area contributed by atoms with Gasteiger partial charge in [-0.2, -0.15) is 13.2 Å². The Balaban J connectivity index is 1.84. The number of nitrogens with two attached hydrogens (primary N) is 1. The van der Waals surface area contributed by atoms with Gasteiger partial charge in [0.2, 0.25) is 5.91 Å². The first-order valence-electron chi connectivity index (χ1n) is 8.00. The molecular weight excluding hydrogens is 305 g/mol. The SMILES string of the molecule is NC1(CNC(=O)Cc2ccc(C(F)(F)F)cc2)CCCCCC1. The van der Waals surface area contributed by atoms with Crippen molar-refractivity contribution >= 4 is 5.91 Å². The van der Waals surface area contributed by atoms with Gasteiger partial charge in [0, 0.05) is 12.1 Å². The molecule has 0 aliphatic heterocycles. The molecule has 0 spiro atoms. The molecule has 1 aliphatic carbocycles. The Morgan fingerprint density at radius 3 is 2.17 bits per heavy atom. The van der Waals surface area contributed by atoms with E-state index in [0.717, 1.165) is 37.8 Å². The van der Waals surface area contributed by atoms with Gasteiger partial charge >= 0.3 is 6.18 Å². The fraction of sp³-hybridized carbons (Fsp3) is 0.588. The Bertz CT molecular complexity index is 518. The van der Waals surface area contributed by atoms with Gasteiger partial charge in [-0.15, -0.1) is 0 Å². The van der Waals surface area contributed by atoms with E-state index >= 15 is 0 Å². The third kappa shape index (κ3) is 5.53. The van der Waals surface area contributed by atoms with E-state index in [0.29, 0.717) is 12.1 Å². The summed E-state index contributed by atoms with van der Waals surface area (Å²) in [6.07, 6.45) is 2.01. The third-order valence-corrected chi connectivity index (χ3v) is 4.38. The average molecular weight is 328 g/mol. The van der Waals surface area contributed by atoms with Crippen LogP contribution in [0.3, 0.4) is 0 Å². The number of alkyl halides is 3. The maximum absolute atomic E-state index is 12.5. The number of hydrogen-bond donors (Lipinski definition) is 2. The first-order chi connectivity index (χ1) is 10.8. The molecule has 0 aromatic heterocycles. The van der Waals surface area contributed by atoms with Gasteiger partial charge in [0.15, 0.2) is 0 Å². The van der Waals surface area contributed by atoms with Crippen molar-refractivity contribution in [3.05, 3.63) is 35.4 Å². The Kier molecular flexibility index (Phi) is 5.68. The first-order valence-corrected chi connectivity index (χ1v) is 8.00. The molecule has 0 unspecified atom stereocenters. The van der Waals surface area contributed by atoms with E-state index in [2.05, 4.69) is 5.32 Å². The summed E-state index contributed by atoms with van der Waals surface area (Å²) in [6, 6.07) is 4.68. The van der Waals surface area contributed by atoms with Crippen molar-refractivity contribution in [1.29, 1.82) is 0 Å². The number of rotatable bonds is 4. The number of carbonyl (C=O) groups excluding carboxylic acids is 1. The van der Waals surface area contributed by atoms with Crippen molar-refractivity contribution in [2.75, 3.05) is 6.54 Å². The number of carbonyl (C=O) groups is 1. The van der Waals surface area contributed by atoms with E-state index in [1.54, 1.807) is 0 Å². The second kappa shape index (κ2) is 7.34. The molecule has 1 fully saturated rings. The minimum absolute atomic E-state index is 0.0637. The summed E-state index contributed by atoms with van der Waals surface area (Å²) < 4.78 is 37.5. The molecule has 0 radical (unpaired) electrons. The molecule has 6 heteroatoms. The molecule has 1 aliphatic rings. The highest BCUT2D eigenvalue weighted by Crippen LogP contribution is 2.29. The maximum atomic E-state index is 12.5. The van der Waals surface area contributed by atoms with Crippen molar-refractivity contribution in [3.8, 4) is 0 Å². The predicted octanol–water partition coefficient (Wildman–Crippen LogP) is 3.42. The molecule has 0 saturated heterocycles. The van der Waals surface area contributed by atoms with Crippen LogP contribution in [0.25, 0.3) is 0 Å². The van der Waals surface area contributed by atoms with Gasteiger partial charge in [-0.3, -0.25) is 4.79 Å². The fourth-order valence-corrected chi connectivity index (χ4v) is 2.94. The first kappa shape index (κ1) is 17.8. The highest BCUT2D eigenvalue weighted by Gasteiger charge is 2.30. The molecule has 3 N–H and O–H groups in total. The van der Waals surface area contributed by atoms with Gasteiger partial charge in [0.05, 0.1) is 12.0 Å². The highest BCUT2D eigenvalue weighted by atomic mass is 19.4. The maximum Gasteiger partial charge on any atom is 0.416 e. The average Bonchev–Trinajstić information content (AvgIpc) is 2.70. The van der Waals surface area contributed by atoms with Crippen molar-refractivity contribution in [1.82, 2.24) is 5.32 Å². The minimum Gasteiger partial charge on any atom is -0.354 e. The van der Waals surface area contributed by atoms with Crippen molar-refractivity contribution in [2.45, 2.75) is 56.7 Å².